The normalized spacial score (nSPS) is 21.0. The molecule has 0 aliphatic heterocycles. The van der Waals surface area contributed by atoms with Crippen molar-refractivity contribution in [2.24, 2.45) is 0 Å². The van der Waals surface area contributed by atoms with Crippen LogP contribution in [0.3, 0.4) is 0 Å². The van der Waals surface area contributed by atoms with Gasteiger partial charge in [-0.1, -0.05) is 79.9 Å². The van der Waals surface area contributed by atoms with Crippen LogP contribution in [0, 0.1) is 0 Å². The van der Waals surface area contributed by atoms with Crippen molar-refractivity contribution >= 4 is 0 Å². The summed E-state index contributed by atoms with van der Waals surface area (Å²) in [6.07, 6.45) is 9.74. The molecular weight excluding hydrogens is 306 g/mol. The van der Waals surface area contributed by atoms with Crippen molar-refractivity contribution in [2.45, 2.75) is 44.2 Å². The summed E-state index contributed by atoms with van der Waals surface area (Å²) in [6.45, 7) is 0. The van der Waals surface area contributed by atoms with Crippen molar-refractivity contribution < 1.29 is 5.11 Å². The van der Waals surface area contributed by atoms with E-state index in [1.54, 1.807) is 0 Å². The lowest BCUT2D eigenvalue weighted by Gasteiger charge is -2.22. The third-order valence-corrected chi connectivity index (χ3v) is 5.34. The van der Waals surface area contributed by atoms with Crippen LogP contribution >= 0.6 is 0 Å². The van der Waals surface area contributed by atoms with Crippen LogP contribution in [-0.4, -0.2) is 15.8 Å². The molecule has 3 aromatic rings. The highest BCUT2D eigenvalue weighted by Gasteiger charge is 2.24. The molecule has 4 rings (SSSR count). The number of hydrogen-bond donors (Lipinski definition) is 1. The minimum atomic E-state index is -0.248. The summed E-state index contributed by atoms with van der Waals surface area (Å²) >= 11 is 0. The maximum Gasteiger partial charge on any atom is 0.0747 e. The van der Waals surface area contributed by atoms with E-state index < -0.39 is 0 Å². The molecule has 1 aliphatic rings. The lowest BCUT2D eigenvalue weighted by atomic mass is 9.99. The van der Waals surface area contributed by atoms with E-state index in [-0.39, 0.29) is 12.1 Å². The Labute approximate surface area is 149 Å². The Hall–Kier alpha value is -2.32. The Morgan fingerprint density at radius 3 is 1.76 bits per heavy atom. The maximum atomic E-state index is 10.6. The molecule has 2 heteroatoms. The number of hydrogen-bond acceptors (Lipinski definition) is 1. The molecule has 25 heavy (non-hydrogen) atoms. The first-order chi connectivity index (χ1) is 12.3. The van der Waals surface area contributed by atoms with E-state index in [1.807, 2.05) is 0 Å². The van der Waals surface area contributed by atoms with Crippen LogP contribution < -0.4 is 0 Å². The molecule has 2 aromatic carbocycles. The first-order valence-electron chi connectivity index (χ1n) is 9.33. The van der Waals surface area contributed by atoms with Gasteiger partial charge in [-0.2, -0.15) is 0 Å². The summed E-state index contributed by atoms with van der Waals surface area (Å²) in [5.74, 6) is 0. The molecule has 1 saturated carbocycles. The van der Waals surface area contributed by atoms with Crippen LogP contribution in [0.1, 0.15) is 38.1 Å². The van der Waals surface area contributed by atoms with Crippen LogP contribution in [0.5, 0.6) is 0 Å². The van der Waals surface area contributed by atoms with Crippen molar-refractivity contribution in [1.82, 2.24) is 4.57 Å². The molecule has 0 spiro atoms. The minimum absolute atomic E-state index is 0.183. The van der Waals surface area contributed by atoms with E-state index in [1.165, 1.54) is 35.1 Å². The number of aliphatic hydroxyl groups is 1. The van der Waals surface area contributed by atoms with Gasteiger partial charge in [0.1, 0.15) is 0 Å². The number of rotatable bonds is 3. The van der Waals surface area contributed by atoms with Gasteiger partial charge in [-0.3, -0.25) is 0 Å². The van der Waals surface area contributed by atoms with Gasteiger partial charge in [0.25, 0.3) is 0 Å². The monoisotopic (exact) mass is 331 g/mol. The first-order valence-corrected chi connectivity index (χ1v) is 9.33. The minimum Gasteiger partial charge on any atom is -0.391 e. The van der Waals surface area contributed by atoms with Crippen molar-refractivity contribution in [3.05, 3.63) is 73.1 Å². The Morgan fingerprint density at radius 2 is 1.20 bits per heavy atom. The van der Waals surface area contributed by atoms with E-state index in [0.717, 1.165) is 19.3 Å². The molecular formula is C23H25NO. The molecule has 0 unspecified atom stereocenters. The van der Waals surface area contributed by atoms with Crippen molar-refractivity contribution in [3.8, 4) is 22.3 Å². The second kappa shape index (κ2) is 7.28. The van der Waals surface area contributed by atoms with Gasteiger partial charge < -0.3 is 9.67 Å². The molecule has 1 aromatic heterocycles. The van der Waals surface area contributed by atoms with Gasteiger partial charge in [0, 0.05) is 23.5 Å². The Morgan fingerprint density at radius 1 is 0.680 bits per heavy atom. The third kappa shape index (κ3) is 3.40. The van der Waals surface area contributed by atoms with Gasteiger partial charge in [0.15, 0.2) is 0 Å². The van der Waals surface area contributed by atoms with Crippen LogP contribution in [0.2, 0.25) is 0 Å². The van der Waals surface area contributed by atoms with Crippen molar-refractivity contribution in [2.75, 3.05) is 0 Å². The quantitative estimate of drug-likeness (QED) is 0.613. The van der Waals surface area contributed by atoms with Gasteiger partial charge in [-0.15, -0.1) is 0 Å². The molecule has 1 fully saturated rings. The average Bonchev–Trinajstić information content (AvgIpc) is 2.99. The van der Waals surface area contributed by atoms with Crippen molar-refractivity contribution in [3.63, 3.8) is 0 Å². The molecule has 2 atom stereocenters. The first kappa shape index (κ1) is 16.2. The summed E-state index contributed by atoms with van der Waals surface area (Å²) in [5, 5.41) is 10.6. The van der Waals surface area contributed by atoms with E-state index >= 15 is 0 Å². The maximum absolute atomic E-state index is 10.6. The molecule has 0 saturated heterocycles. The second-order valence-corrected chi connectivity index (χ2v) is 7.04. The average molecular weight is 331 g/mol. The summed E-state index contributed by atoms with van der Waals surface area (Å²) in [6, 6.07) is 21.3. The largest absolute Gasteiger partial charge is 0.391 e. The predicted octanol–water partition coefficient (Wildman–Crippen LogP) is 5.69. The summed E-state index contributed by atoms with van der Waals surface area (Å²) in [4.78, 5) is 0. The highest BCUT2D eigenvalue weighted by atomic mass is 16.3. The Bertz CT molecular complexity index is 750. The molecule has 2 nitrogen and oxygen atoms in total. The van der Waals surface area contributed by atoms with E-state index in [9.17, 15) is 5.11 Å². The van der Waals surface area contributed by atoms with Crippen LogP contribution in [0.15, 0.2) is 73.1 Å². The third-order valence-electron chi connectivity index (χ3n) is 5.34. The highest BCUT2D eigenvalue weighted by molar-refractivity contribution is 5.83. The number of aliphatic hydroxyl groups excluding tert-OH is 1. The fourth-order valence-corrected chi connectivity index (χ4v) is 3.98. The zero-order valence-corrected chi connectivity index (χ0v) is 14.5. The van der Waals surface area contributed by atoms with Crippen LogP contribution in [-0.2, 0) is 0 Å². The zero-order valence-electron chi connectivity index (χ0n) is 14.5. The lowest BCUT2D eigenvalue weighted by Crippen LogP contribution is -2.21. The van der Waals surface area contributed by atoms with E-state index in [2.05, 4.69) is 77.6 Å². The standard InChI is InChI=1S/C23H25NO/c25-23-15-9-3-8-14-22(23)24-16-20(18-10-4-1-5-11-18)21(17-24)19-12-6-2-7-13-19/h1-2,4-7,10-13,16-17,22-23,25H,3,8-9,14-15H2/t22-,23+/m1/s1. The van der Waals surface area contributed by atoms with E-state index in [0.29, 0.717) is 0 Å². The highest BCUT2D eigenvalue weighted by Crippen LogP contribution is 2.37. The number of aromatic nitrogens is 1. The lowest BCUT2D eigenvalue weighted by molar-refractivity contribution is 0.106. The van der Waals surface area contributed by atoms with Gasteiger partial charge in [-0.05, 0) is 24.0 Å². The Kier molecular flexibility index (Phi) is 4.71. The molecule has 0 radical (unpaired) electrons. The zero-order chi connectivity index (χ0) is 17.1. The predicted molar refractivity (Wildman–Crippen MR) is 103 cm³/mol. The smallest absolute Gasteiger partial charge is 0.0747 e. The molecule has 0 amide bonds. The van der Waals surface area contributed by atoms with Gasteiger partial charge >= 0.3 is 0 Å². The van der Waals surface area contributed by atoms with Crippen LogP contribution in [0.25, 0.3) is 22.3 Å². The van der Waals surface area contributed by atoms with Gasteiger partial charge in [0.2, 0.25) is 0 Å². The molecule has 0 bridgehead atoms. The molecule has 1 N–H and O–H groups in total. The van der Waals surface area contributed by atoms with E-state index in [4.69, 9.17) is 0 Å². The molecule has 128 valence electrons. The summed E-state index contributed by atoms with van der Waals surface area (Å²) < 4.78 is 2.26. The fourth-order valence-electron chi connectivity index (χ4n) is 3.98. The molecule has 1 aliphatic carbocycles. The van der Waals surface area contributed by atoms with Crippen molar-refractivity contribution in [1.29, 1.82) is 0 Å². The topological polar surface area (TPSA) is 25.2 Å². The summed E-state index contributed by atoms with van der Waals surface area (Å²) in [5.41, 5.74) is 4.93. The Balaban J connectivity index is 1.81. The SMILES string of the molecule is O[C@H]1CCCCC[C@H]1n1cc(-c2ccccc2)c(-c2ccccc2)c1. The fraction of sp³-hybridized carbons (Fsp3) is 0.304. The number of benzene rings is 2. The van der Waals surface area contributed by atoms with Gasteiger partial charge in [-0.25, -0.2) is 0 Å². The summed E-state index contributed by atoms with van der Waals surface area (Å²) in [7, 11) is 0. The second-order valence-electron chi connectivity index (χ2n) is 7.04. The van der Waals surface area contributed by atoms with Crippen LogP contribution in [0.4, 0.5) is 0 Å². The van der Waals surface area contributed by atoms with Gasteiger partial charge in [0.05, 0.1) is 12.1 Å². The molecule has 1 heterocycles. The number of nitrogens with zero attached hydrogens (tertiary/aromatic N) is 1.